The van der Waals surface area contributed by atoms with Crippen LogP contribution in [0, 0.1) is 17.3 Å². The van der Waals surface area contributed by atoms with Crippen molar-refractivity contribution < 1.29 is 61.4 Å². The first-order valence-corrected chi connectivity index (χ1v) is 26.9. The first-order valence-electron chi connectivity index (χ1n) is 23.6. The molecule has 4 aliphatic rings. The number of carbonyl (C=O) groups excluding carboxylic acids is 6. The molecular formula is C50H56F2N5O11PS2. The van der Waals surface area contributed by atoms with Crippen molar-refractivity contribution in [2.24, 2.45) is 5.41 Å². The van der Waals surface area contributed by atoms with Gasteiger partial charge in [0.15, 0.2) is 0 Å². The zero-order chi connectivity index (χ0) is 50.8. The first-order chi connectivity index (χ1) is 33.7. The Labute approximate surface area is 417 Å². The predicted molar refractivity (Wildman–Crippen MR) is 260 cm³/mol. The molecule has 3 saturated heterocycles. The Balaban J connectivity index is 0.885. The molecule has 378 valence electrons. The van der Waals surface area contributed by atoms with E-state index in [1.165, 1.54) is 33.3 Å². The van der Waals surface area contributed by atoms with Crippen molar-refractivity contribution in [1.29, 1.82) is 0 Å². The van der Waals surface area contributed by atoms with Crippen LogP contribution < -0.4 is 10.6 Å². The summed E-state index contributed by atoms with van der Waals surface area (Å²) in [5, 5.41) is 7.29. The van der Waals surface area contributed by atoms with Gasteiger partial charge >= 0.3 is 13.3 Å². The highest BCUT2D eigenvalue weighted by Gasteiger charge is 2.51. The number of likely N-dealkylation sites (tertiary alicyclic amines) is 1. The molecule has 2 aromatic heterocycles. The van der Waals surface area contributed by atoms with Crippen molar-refractivity contribution >= 4 is 75.8 Å². The zero-order valence-corrected chi connectivity index (χ0v) is 42.0. The Morgan fingerprint density at radius 2 is 1.82 bits per heavy atom. The van der Waals surface area contributed by atoms with Crippen molar-refractivity contribution in [1.82, 2.24) is 25.3 Å². The van der Waals surface area contributed by atoms with E-state index in [4.69, 9.17) is 9.47 Å². The summed E-state index contributed by atoms with van der Waals surface area (Å²) in [5.41, 5.74) is -4.16. The molecule has 8 rings (SSSR count). The molecule has 0 aliphatic carbocycles. The highest BCUT2D eigenvalue weighted by molar-refractivity contribution is 7.52. The van der Waals surface area contributed by atoms with Gasteiger partial charge in [-0.05, 0) is 77.4 Å². The number of nitrogens with zero attached hydrogens (tertiary/aromatic N) is 3. The summed E-state index contributed by atoms with van der Waals surface area (Å²) in [4.78, 5) is 105. The number of alkyl halides is 2. The van der Waals surface area contributed by atoms with Gasteiger partial charge in [0.05, 0.1) is 24.1 Å². The van der Waals surface area contributed by atoms with Gasteiger partial charge in [-0.2, -0.15) is 8.78 Å². The first kappa shape index (κ1) is 51.9. The Kier molecular flexibility index (Phi) is 15.6. The maximum Gasteiger partial charge on any atom is 0.399 e. The van der Waals surface area contributed by atoms with E-state index >= 15 is 0 Å². The Hall–Kier alpha value is -5.39. The molecule has 4 aliphatic heterocycles. The third-order valence-corrected chi connectivity index (χ3v) is 16.3. The highest BCUT2D eigenvalue weighted by atomic mass is 32.1. The third kappa shape index (κ3) is 11.5. The van der Waals surface area contributed by atoms with E-state index in [2.05, 4.69) is 22.5 Å². The van der Waals surface area contributed by atoms with Gasteiger partial charge < -0.3 is 39.3 Å². The fourth-order valence-electron chi connectivity index (χ4n) is 9.41. The monoisotopic (exact) mass is 1040 g/mol. The number of hydrogen-bond acceptors (Lipinski definition) is 11. The second kappa shape index (κ2) is 21.4. The number of amides is 6. The average molecular weight is 1040 g/mol. The summed E-state index contributed by atoms with van der Waals surface area (Å²) in [6, 6.07) is 11.0. The van der Waals surface area contributed by atoms with E-state index in [1.54, 1.807) is 37.8 Å². The molecule has 4 N–H and O–H groups in total. The number of thiophene rings is 2. The lowest BCUT2D eigenvalue weighted by Gasteiger charge is -2.38. The molecule has 0 spiro atoms. The molecular weight excluding hydrogens is 980 g/mol. The van der Waals surface area contributed by atoms with Gasteiger partial charge in [0.1, 0.15) is 24.2 Å². The second-order valence-electron chi connectivity index (χ2n) is 19.3. The molecule has 6 amide bonds. The van der Waals surface area contributed by atoms with Crippen LogP contribution in [0.1, 0.15) is 120 Å². The lowest BCUT2D eigenvalue weighted by Crippen LogP contribution is -2.58. The molecule has 0 saturated carbocycles. The lowest BCUT2D eigenvalue weighted by molar-refractivity contribution is -0.150. The van der Waals surface area contributed by atoms with E-state index in [0.29, 0.717) is 43.0 Å². The number of piperidine rings is 1. The minimum Gasteiger partial charge on any atom is -0.376 e. The number of rotatable bonds is 15. The van der Waals surface area contributed by atoms with Gasteiger partial charge in [0.25, 0.3) is 11.8 Å². The molecule has 21 heteroatoms. The van der Waals surface area contributed by atoms with Gasteiger partial charge in [-0.1, -0.05) is 63.7 Å². The predicted octanol–water partition coefficient (Wildman–Crippen LogP) is 6.68. The molecule has 5 atom stereocenters. The van der Waals surface area contributed by atoms with Crippen molar-refractivity contribution in [2.45, 2.75) is 115 Å². The quantitative estimate of drug-likeness (QED) is 0.0427. The number of imide groups is 1. The number of ether oxygens (including phenoxy) is 2. The fourth-order valence-corrected chi connectivity index (χ4v) is 11.6. The van der Waals surface area contributed by atoms with Gasteiger partial charge in [0.2, 0.25) is 23.6 Å². The van der Waals surface area contributed by atoms with Crippen LogP contribution in [-0.2, 0) is 45.4 Å². The van der Waals surface area contributed by atoms with E-state index in [9.17, 15) is 51.9 Å². The highest BCUT2D eigenvalue weighted by Crippen LogP contribution is 2.59. The number of nitrogens with one attached hydrogen (secondary N) is 2. The number of halogens is 2. The van der Waals surface area contributed by atoms with Crippen molar-refractivity contribution in [3.8, 4) is 11.8 Å². The summed E-state index contributed by atoms with van der Waals surface area (Å²) >= 11 is 2.51. The molecule has 2 unspecified atom stereocenters. The SMILES string of the molecule is CC(C)(C)[C@H](NC(=O)c1cc2cc(C(F)(F)P(=O)(O)O)ccc2s1)C(=O)N1C[C@@H](OCCCCCCC#Cc2cccc3c2CN(C2CCC(=O)NC2=O)C3=O)C[C@H]1C(=O)N1CCOC(c2cccs2)C1. The molecule has 71 heavy (non-hydrogen) atoms. The Morgan fingerprint density at radius 1 is 1.03 bits per heavy atom. The van der Waals surface area contributed by atoms with Crippen LogP contribution in [0.3, 0.4) is 0 Å². The van der Waals surface area contributed by atoms with Crippen LogP contribution in [0.25, 0.3) is 10.1 Å². The van der Waals surface area contributed by atoms with Crippen molar-refractivity contribution in [3.63, 3.8) is 0 Å². The largest absolute Gasteiger partial charge is 0.399 e. The van der Waals surface area contributed by atoms with Gasteiger partial charge in [-0.25, -0.2) is 0 Å². The maximum atomic E-state index is 14.8. The number of fused-ring (bicyclic) bond motifs is 2. The molecule has 0 radical (unpaired) electrons. The second-order valence-corrected chi connectivity index (χ2v) is 23.0. The molecule has 2 aromatic carbocycles. The lowest BCUT2D eigenvalue weighted by atomic mass is 9.85. The maximum absolute atomic E-state index is 14.8. The van der Waals surface area contributed by atoms with Crippen molar-refractivity contribution in [2.75, 3.05) is 32.8 Å². The zero-order valence-electron chi connectivity index (χ0n) is 39.5. The molecule has 4 aromatic rings. The van der Waals surface area contributed by atoms with Crippen LogP contribution in [0.15, 0.2) is 60.0 Å². The minimum absolute atomic E-state index is 0.0890. The van der Waals surface area contributed by atoms with E-state index < -0.39 is 66.2 Å². The summed E-state index contributed by atoms with van der Waals surface area (Å²) in [5.74, 6) is 4.00. The molecule has 16 nitrogen and oxygen atoms in total. The van der Waals surface area contributed by atoms with Crippen LogP contribution in [-0.4, -0.2) is 117 Å². The topological polar surface area (TPSA) is 212 Å². The smallest absolute Gasteiger partial charge is 0.376 e. The van der Waals surface area contributed by atoms with Crippen LogP contribution in [0.4, 0.5) is 8.78 Å². The number of benzene rings is 2. The standard InChI is InChI=1S/C50H56F2N5O11PS2/c1-49(2,3)43(54-45(60)41-25-31-24-32(16-18-39(31)71-41)50(51,52)69(64,65)66)48(63)56-27-33(26-37(56)47(62)55-20-22-68-38(29-55)40-15-11-23-70-40)67-21-9-7-5-4-6-8-12-30-13-10-14-34-35(30)28-57(46(34)61)36-17-19-42(58)53-44(36)59/h10-11,13-16,18,23-25,33,36-38,43H,4-7,9,17,19-22,26-29H2,1-3H3,(H,54,60)(H,53,58,59)(H2,64,65,66)/t33-,36?,37-,38?,43+/m0/s1. The van der Waals surface area contributed by atoms with E-state index in [-0.39, 0.29) is 66.4 Å². The summed E-state index contributed by atoms with van der Waals surface area (Å²) < 4.78 is 53.5. The number of hydrogen-bond donors (Lipinski definition) is 4. The van der Waals surface area contributed by atoms with Crippen LogP contribution in [0.5, 0.6) is 0 Å². The molecule has 6 heterocycles. The van der Waals surface area contributed by atoms with Gasteiger partial charge in [-0.15, -0.1) is 22.7 Å². The summed E-state index contributed by atoms with van der Waals surface area (Å²) in [6.45, 7) is 7.04. The molecule has 3 fully saturated rings. The summed E-state index contributed by atoms with van der Waals surface area (Å²) in [7, 11) is -5.83. The van der Waals surface area contributed by atoms with E-state index in [1.807, 2.05) is 23.6 Å². The minimum atomic E-state index is -5.83. The average Bonchev–Trinajstić information content (AvgIpc) is 4.16. The van der Waals surface area contributed by atoms with Crippen molar-refractivity contribution in [3.05, 3.63) is 92.0 Å². The number of carbonyl (C=O) groups is 6. The Morgan fingerprint density at radius 3 is 2.55 bits per heavy atom. The summed E-state index contributed by atoms with van der Waals surface area (Å²) in [6.07, 6.45) is 3.80. The Bertz CT molecular complexity index is 2820. The van der Waals surface area contributed by atoms with E-state index in [0.717, 1.165) is 65.2 Å². The third-order valence-electron chi connectivity index (χ3n) is 13.3. The number of morpholine rings is 1. The van der Waals surface area contributed by atoms with Gasteiger partial charge in [0, 0.05) is 71.8 Å². The normalized spacial score (nSPS) is 21.2. The van der Waals surface area contributed by atoms with Crippen LogP contribution >= 0.6 is 30.3 Å². The van der Waals surface area contributed by atoms with Crippen LogP contribution in [0.2, 0.25) is 0 Å². The fraction of sp³-hybridized carbons (Fsp3) is 0.480. The van der Waals surface area contributed by atoms with Gasteiger partial charge in [-0.3, -0.25) is 38.6 Å². The number of unbranched alkanes of at least 4 members (excludes halogenated alkanes) is 4. The molecule has 0 bridgehead atoms.